The molecule has 0 aliphatic carbocycles. The first kappa shape index (κ1) is 28.8. The molecule has 2 nitrogen and oxygen atoms in total. The lowest BCUT2D eigenvalue weighted by molar-refractivity contribution is -0.188. The second kappa shape index (κ2) is 11.1. The third-order valence-electron chi connectivity index (χ3n) is 6.60. The van der Waals surface area contributed by atoms with Gasteiger partial charge >= 0.3 is 12.3 Å². The molecule has 210 valence electrons. The normalized spacial score (nSPS) is 18.3. The molecule has 0 N–H and O–H groups in total. The van der Waals surface area contributed by atoms with E-state index in [1.807, 2.05) is 0 Å². The van der Waals surface area contributed by atoms with Gasteiger partial charge < -0.3 is 9.47 Å². The second-order valence-corrected chi connectivity index (χ2v) is 9.34. The van der Waals surface area contributed by atoms with Gasteiger partial charge in [0.2, 0.25) is 0 Å². The van der Waals surface area contributed by atoms with Crippen LogP contribution >= 0.6 is 0 Å². The van der Waals surface area contributed by atoms with E-state index >= 15 is 0 Å². The minimum absolute atomic E-state index is 0.121. The van der Waals surface area contributed by atoms with Crippen molar-refractivity contribution in [1.29, 1.82) is 0 Å². The van der Waals surface area contributed by atoms with Gasteiger partial charge in [-0.1, -0.05) is 43.7 Å². The first-order valence-corrected chi connectivity index (χ1v) is 12.1. The Balaban J connectivity index is 1.53. The second-order valence-electron chi connectivity index (χ2n) is 9.34. The number of alkyl halides is 5. The van der Waals surface area contributed by atoms with Crippen molar-refractivity contribution in [3.05, 3.63) is 88.5 Å². The number of hydrogen-bond acceptors (Lipinski definition) is 2. The minimum Gasteiger partial charge on any atom is -0.429 e. The maximum absolute atomic E-state index is 14.9. The van der Waals surface area contributed by atoms with E-state index in [0.29, 0.717) is 18.6 Å². The first-order valence-electron chi connectivity index (χ1n) is 12.1. The molecule has 4 rings (SSSR count). The lowest BCUT2D eigenvalue weighted by atomic mass is 9.91. The van der Waals surface area contributed by atoms with Crippen LogP contribution in [0.3, 0.4) is 0 Å². The molecule has 0 aromatic heterocycles. The Hall–Kier alpha value is -3.21. The number of halogens is 9. The van der Waals surface area contributed by atoms with Crippen molar-refractivity contribution in [3.8, 4) is 16.9 Å². The molecule has 3 aromatic rings. The highest BCUT2D eigenvalue weighted by Crippen LogP contribution is 2.40. The molecule has 2 unspecified atom stereocenters. The van der Waals surface area contributed by atoms with Crippen molar-refractivity contribution < 1.29 is 49.0 Å². The van der Waals surface area contributed by atoms with Crippen molar-refractivity contribution in [2.24, 2.45) is 5.92 Å². The number of rotatable bonds is 7. The summed E-state index contributed by atoms with van der Waals surface area (Å²) in [5, 5.41) is 0. The van der Waals surface area contributed by atoms with Crippen LogP contribution in [-0.4, -0.2) is 6.61 Å². The fourth-order valence-electron chi connectivity index (χ4n) is 4.66. The SMILES string of the molecule is CCCC1CCC(c2ccc(-c3ccc(C(F)(F)Oc4cc(F)c(C(F)(F)F)c(F)c4)c(F)c3F)cc2)OC1. The Labute approximate surface area is 218 Å². The van der Waals surface area contributed by atoms with Gasteiger partial charge in [0, 0.05) is 17.7 Å². The zero-order chi connectivity index (χ0) is 28.5. The molecule has 1 heterocycles. The third-order valence-corrected chi connectivity index (χ3v) is 6.60. The van der Waals surface area contributed by atoms with Crippen LogP contribution in [-0.2, 0) is 17.0 Å². The fraction of sp³-hybridized carbons (Fsp3) is 0.357. The lowest BCUT2D eigenvalue weighted by Gasteiger charge is -2.29. The van der Waals surface area contributed by atoms with Gasteiger partial charge in [-0.15, -0.1) is 0 Å². The highest BCUT2D eigenvalue weighted by atomic mass is 19.4. The Morgan fingerprint density at radius 2 is 1.49 bits per heavy atom. The van der Waals surface area contributed by atoms with E-state index in [9.17, 15) is 39.5 Å². The van der Waals surface area contributed by atoms with Crippen LogP contribution in [0.5, 0.6) is 5.75 Å². The van der Waals surface area contributed by atoms with Crippen molar-refractivity contribution in [3.63, 3.8) is 0 Å². The summed E-state index contributed by atoms with van der Waals surface area (Å²) < 4.78 is 135. The molecule has 2 atom stereocenters. The van der Waals surface area contributed by atoms with Gasteiger partial charge in [-0.3, -0.25) is 0 Å². The average molecular weight is 562 g/mol. The maximum atomic E-state index is 14.9. The van der Waals surface area contributed by atoms with E-state index in [-0.39, 0.29) is 29.4 Å². The summed E-state index contributed by atoms with van der Waals surface area (Å²) in [6.07, 6.45) is -6.30. The summed E-state index contributed by atoms with van der Waals surface area (Å²) in [6, 6.07) is 7.51. The number of benzene rings is 3. The molecule has 1 saturated heterocycles. The van der Waals surface area contributed by atoms with Crippen LogP contribution in [0.2, 0.25) is 0 Å². The Morgan fingerprint density at radius 3 is 2.03 bits per heavy atom. The maximum Gasteiger partial charge on any atom is 0.429 e. The van der Waals surface area contributed by atoms with Crippen LogP contribution in [0.25, 0.3) is 11.1 Å². The molecule has 39 heavy (non-hydrogen) atoms. The van der Waals surface area contributed by atoms with Gasteiger partial charge in [-0.05, 0) is 42.4 Å². The number of hydrogen-bond donors (Lipinski definition) is 0. The summed E-state index contributed by atoms with van der Waals surface area (Å²) in [5.41, 5.74) is -3.22. The van der Waals surface area contributed by atoms with E-state index in [0.717, 1.165) is 37.3 Å². The van der Waals surface area contributed by atoms with Crippen molar-refractivity contribution in [2.45, 2.75) is 51.0 Å². The van der Waals surface area contributed by atoms with Gasteiger partial charge in [0.15, 0.2) is 11.6 Å². The summed E-state index contributed by atoms with van der Waals surface area (Å²) >= 11 is 0. The zero-order valence-electron chi connectivity index (χ0n) is 20.5. The Kier molecular flexibility index (Phi) is 8.20. The van der Waals surface area contributed by atoms with Gasteiger partial charge in [-0.25, -0.2) is 17.6 Å². The predicted octanol–water partition coefficient (Wildman–Crippen LogP) is 9.32. The summed E-state index contributed by atoms with van der Waals surface area (Å²) in [4.78, 5) is 0. The molecule has 1 aliphatic rings. The molecule has 0 saturated carbocycles. The standard InChI is InChI=1S/C28H23F9O2/c1-2-3-15-4-11-23(38-14-15)17-7-5-16(6-8-17)19-9-10-20(26(32)25(19)31)28(36,37)39-18-12-21(29)24(22(30)13-18)27(33,34)35/h5-10,12-13,15,23H,2-4,11,14H2,1H3. The van der Waals surface area contributed by atoms with Gasteiger partial charge in [-0.2, -0.15) is 22.0 Å². The minimum atomic E-state index is -5.43. The topological polar surface area (TPSA) is 18.5 Å². The molecule has 1 fully saturated rings. The molecule has 0 bridgehead atoms. The van der Waals surface area contributed by atoms with Gasteiger partial charge in [0.1, 0.15) is 28.5 Å². The largest absolute Gasteiger partial charge is 0.429 e. The summed E-state index contributed by atoms with van der Waals surface area (Å²) in [6.45, 7) is 2.73. The number of ether oxygens (including phenoxy) is 2. The van der Waals surface area contributed by atoms with Crippen LogP contribution in [0.4, 0.5) is 39.5 Å². The van der Waals surface area contributed by atoms with Crippen LogP contribution in [0.1, 0.15) is 55.4 Å². The van der Waals surface area contributed by atoms with Gasteiger partial charge in [0.25, 0.3) is 0 Å². The Bertz CT molecular complexity index is 1290. The van der Waals surface area contributed by atoms with Crippen LogP contribution in [0, 0.1) is 29.2 Å². The molecule has 1 aliphatic heterocycles. The lowest BCUT2D eigenvalue weighted by Crippen LogP contribution is -2.24. The highest BCUT2D eigenvalue weighted by Gasteiger charge is 2.42. The van der Waals surface area contributed by atoms with E-state index in [2.05, 4.69) is 11.7 Å². The monoisotopic (exact) mass is 562 g/mol. The van der Waals surface area contributed by atoms with E-state index in [1.165, 1.54) is 12.1 Å². The molecule has 3 aromatic carbocycles. The van der Waals surface area contributed by atoms with Crippen molar-refractivity contribution >= 4 is 0 Å². The van der Waals surface area contributed by atoms with Gasteiger partial charge in [0.05, 0.1) is 12.7 Å². The summed E-state index contributed by atoms with van der Waals surface area (Å²) in [7, 11) is 0. The quantitative estimate of drug-likeness (QED) is 0.267. The summed E-state index contributed by atoms with van der Waals surface area (Å²) in [5.74, 6) is -8.90. The fourth-order valence-corrected chi connectivity index (χ4v) is 4.66. The molecule has 11 heteroatoms. The van der Waals surface area contributed by atoms with E-state index < -0.39 is 52.4 Å². The smallest absolute Gasteiger partial charge is 0.429 e. The van der Waals surface area contributed by atoms with E-state index in [1.54, 1.807) is 12.1 Å². The van der Waals surface area contributed by atoms with Crippen LogP contribution < -0.4 is 4.74 Å². The first-order chi connectivity index (χ1) is 18.3. The zero-order valence-corrected chi connectivity index (χ0v) is 20.5. The molecular weight excluding hydrogens is 539 g/mol. The van der Waals surface area contributed by atoms with Crippen LogP contribution in [0.15, 0.2) is 48.5 Å². The molecule has 0 amide bonds. The predicted molar refractivity (Wildman–Crippen MR) is 124 cm³/mol. The molecule has 0 spiro atoms. The highest BCUT2D eigenvalue weighted by molar-refractivity contribution is 5.65. The molecular formula is C28H23F9O2. The Morgan fingerprint density at radius 1 is 0.846 bits per heavy atom. The van der Waals surface area contributed by atoms with E-state index in [4.69, 9.17) is 4.74 Å². The third kappa shape index (κ3) is 6.18. The molecule has 0 radical (unpaired) electrons. The van der Waals surface area contributed by atoms with Crippen molar-refractivity contribution in [1.82, 2.24) is 0 Å². The average Bonchev–Trinajstić information content (AvgIpc) is 2.85. The van der Waals surface area contributed by atoms with Crippen molar-refractivity contribution in [2.75, 3.05) is 6.61 Å².